The summed E-state index contributed by atoms with van der Waals surface area (Å²) in [4.78, 5) is 12.9. The lowest BCUT2D eigenvalue weighted by atomic mass is 10.2. The molecule has 32 heavy (non-hydrogen) atoms. The summed E-state index contributed by atoms with van der Waals surface area (Å²) in [6.45, 7) is 0.193. The van der Waals surface area contributed by atoms with Crippen LogP contribution in [0.2, 0.25) is 0 Å². The van der Waals surface area contributed by atoms with Crippen molar-refractivity contribution in [3.8, 4) is 17.2 Å². The molecule has 0 bridgehead atoms. The fourth-order valence-corrected chi connectivity index (χ4v) is 3.54. The van der Waals surface area contributed by atoms with E-state index in [-0.39, 0.29) is 29.1 Å². The first-order chi connectivity index (χ1) is 15.2. The van der Waals surface area contributed by atoms with Crippen LogP contribution in [0, 0.1) is 0 Å². The summed E-state index contributed by atoms with van der Waals surface area (Å²) in [5.74, 6) is -2.13. The van der Waals surface area contributed by atoms with E-state index in [2.05, 4.69) is 31.9 Å². The number of rotatable bonds is 5. The molecule has 0 N–H and O–H groups in total. The van der Waals surface area contributed by atoms with Gasteiger partial charge in [-0.1, -0.05) is 40.2 Å². The summed E-state index contributed by atoms with van der Waals surface area (Å²) < 4.78 is 58.5. The van der Waals surface area contributed by atoms with Crippen LogP contribution >= 0.6 is 31.9 Å². The van der Waals surface area contributed by atoms with E-state index in [0.29, 0.717) is 4.47 Å². The van der Waals surface area contributed by atoms with Gasteiger partial charge in [0.1, 0.15) is 23.7 Å². The maximum Gasteiger partial charge on any atom is 0.453 e. The summed E-state index contributed by atoms with van der Waals surface area (Å²) in [7, 11) is 0. The molecular formula is C23H13Br2F3O4. The van der Waals surface area contributed by atoms with Crippen LogP contribution in [0.1, 0.15) is 11.3 Å². The third kappa shape index (κ3) is 4.83. The minimum atomic E-state index is -4.95. The minimum Gasteiger partial charge on any atom is -0.489 e. The third-order valence-electron chi connectivity index (χ3n) is 4.45. The second kappa shape index (κ2) is 8.99. The van der Waals surface area contributed by atoms with E-state index < -0.39 is 23.1 Å². The Bertz CT molecular complexity index is 1330. The Morgan fingerprint density at radius 2 is 1.66 bits per heavy atom. The Hall–Kier alpha value is -2.78. The second-order valence-corrected chi connectivity index (χ2v) is 8.46. The van der Waals surface area contributed by atoms with Crippen molar-refractivity contribution >= 4 is 42.8 Å². The lowest BCUT2D eigenvalue weighted by molar-refractivity contribution is -0.154. The van der Waals surface area contributed by atoms with Gasteiger partial charge in [-0.05, 0) is 57.9 Å². The van der Waals surface area contributed by atoms with Crippen molar-refractivity contribution in [2.45, 2.75) is 12.8 Å². The van der Waals surface area contributed by atoms with Gasteiger partial charge in [-0.15, -0.1) is 0 Å². The van der Waals surface area contributed by atoms with Crippen LogP contribution < -0.4 is 14.9 Å². The van der Waals surface area contributed by atoms with Crippen LogP contribution in [0.5, 0.6) is 17.2 Å². The number of alkyl halides is 3. The molecule has 3 aromatic carbocycles. The van der Waals surface area contributed by atoms with E-state index in [1.165, 1.54) is 24.3 Å². The zero-order valence-corrected chi connectivity index (χ0v) is 19.3. The number of hydrogen-bond acceptors (Lipinski definition) is 4. The molecule has 4 aromatic rings. The average Bonchev–Trinajstić information content (AvgIpc) is 2.75. The standard InChI is InChI=1S/C23H13Br2F3O4/c24-14-7-5-13(6-8-14)12-30-15-9-10-16-19(11-15)32-22(23(26,27)28)21(20(16)29)31-18-4-2-1-3-17(18)25/h1-11H,12H2. The Morgan fingerprint density at radius 3 is 2.34 bits per heavy atom. The highest BCUT2D eigenvalue weighted by atomic mass is 79.9. The van der Waals surface area contributed by atoms with Crippen LogP contribution in [0.15, 0.2) is 84.9 Å². The van der Waals surface area contributed by atoms with Gasteiger partial charge < -0.3 is 13.9 Å². The number of para-hydroxylation sites is 1. The fourth-order valence-electron chi connectivity index (χ4n) is 2.91. The Kier molecular flexibility index (Phi) is 6.30. The Balaban J connectivity index is 1.73. The zero-order valence-electron chi connectivity index (χ0n) is 16.1. The van der Waals surface area contributed by atoms with Crippen molar-refractivity contribution in [3.05, 3.63) is 97.2 Å². The molecular weight excluding hydrogens is 557 g/mol. The van der Waals surface area contributed by atoms with Gasteiger partial charge in [-0.2, -0.15) is 13.2 Å². The van der Waals surface area contributed by atoms with Crippen molar-refractivity contribution in [1.82, 2.24) is 0 Å². The van der Waals surface area contributed by atoms with Crippen molar-refractivity contribution in [2.24, 2.45) is 0 Å². The molecule has 9 heteroatoms. The van der Waals surface area contributed by atoms with E-state index in [9.17, 15) is 18.0 Å². The lowest BCUT2D eigenvalue weighted by Gasteiger charge is -2.14. The number of ether oxygens (including phenoxy) is 2. The maximum absolute atomic E-state index is 13.7. The van der Waals surface area contributed by atoms with Gasteiger partial charge in [-0.25, -0.2) is 0 Å². The molecule has 0 saturated carbocycles. The molecule has 0 atom stereocenters. The molecule has 0 amide bonds. The molecule has 0 aliphatic carbocycles. The van der Waals surface area contributed by atoms with Gasteiger partial charge >= 0.3 is 6.18 Å². The van der Waals surface area contributed by atoms with Crippen molar-refractivity contribution in [1.29, 1.82) is 0 Å². The lowest BCUT2D eigenvalue weighted by Crippen LogP contribution is -2.15. The first kappa shape index (κ1) is 22.4. The van der Waals surface area contributed by atoms with Crippen LogP contribution in [-0.4, -0.2) is 0 Å². The normalized spacial score (nSPS) is 11.5. The summed E-state index contributed by atoms with van der Waals surface area (Å²) in [5.41, 5.74) is -0.327. The number of fused-ring (bicyclic) bond motifs is 1. The predicted octanol–water partition coefficient (Wildman–Crippen LogP) is 7.71. The van der Waals surface area contributed by atoms with Crippen molar-refractivity contribution < 1.29 is 27.1 Å². The van der Waals surface area contributed by atoms with E-state index in [1.807, 2.05) is 24.3 Å². The van der Waals surface area contributed by atoms with Gasteiger partial charge in [-0.3, -0.25) is 4.79 Å². The van der Waals surface area contributed by atoms with E-state index >= 15 is 0 Å². The highest BCUT2D eigenvalue weighted by molar-refractivity contribution is 9.10. The predicted molar refractivity (Wildman–Crippen MR) is 120 cm³/mol. The van der Waals surface area contributed by atoms with Crippen LogP contribution in [-0.2, 0) is 12.8 Å². The second-order valence-electron chi connectivity index (χ2n) is 6.69. The molecule has 4 nitrogen and oxygen atoms in total. The Morgan fingerprint density at radius 1 is 0.938 bits per heavy atom. The first-order valence-corrected chi connectivity index (χ1v) is 10.8. The molecule has 164 valence electrons. The molecule has 0 radical (unpaired) electrons. The monoisotopic (exact) mass is 568 g/mol. The van der Waals surface area contributed by atoms with E-state index in [0.717, 1.165) is 10.0 Å². The SMILES string of the molecule is O=c1c(Oc2ccccc2Br)c(C(F)(F)F)oc2cc(OCc3ccc(Br)cc3)ccc12. The van der Waals surface area contributed by atoms with Crippen LogP contribution in [0.3, 0.4) is 0 Å². The van der Waals surface area contributed by atoms with Crippen molar-refractivity contribution in [2.75, 3.05) is 0 Å². The molecule has 1 aromatic heterocycles. The van der Waals surface area contributed by atoms with Gasteiger partial charge in [0.15, 0.2) is 0 Å². The van der Waals surface area contributed by atoms with Gasteiger partial charge in [0.05, 0.1) is 9.86 Å². The summed E-state index contributed by atoms with van der Waals surface area (Å²) in [5, 5.41) is -0.0592. The first-order valence-electron chi connectivity index (χ1n) is 9.20. The molecule has 0 saturated heterocycles. The number of benzene rings is 3. The minimum absolute atomic E-state index is 0.0547. The van der Waals surface area contributed by atoms with Gasteiger partial charge in [0.2, 0.25) is 11.2 Å². The molecule has 4 rings (SSSR count). The highest BCUT2D eigenvalue weighted by Gasteiger charge is 2.40. The quantitative estimate of drug-likeness (QED) is 0.247. The molecule has 0 spiro atoms. The van der Waals surface area contributed by atoms with Crippen molar-refractivity contribution in [3.63, 3.8) is 0 Å². The molecule has 0 fully saturated rings. The summed E-state index contributed by atoms with van der Waals surface area (Å²) >= 11 is 6.54. The third-order valence-corrected chi connectivity index (χ3v) is 5.63. The topological polar surface area (TPSA) is 48.7 Å². The largest absolute Gasteiger partial charge is 0.489 e. The highest BCUT2D eigenvalue weighted by Crippen LogP contribution is 2.39. The summed E-state index contributed by atoms with van der Waals surface area (Å²) in [6, 6.07) is 17.8. The smallest absolute Gasteiger partial charge is 0.453 e. The summed E-state index contributed by atoms with van der Waals surface area (Å²) in [6.07, 6.45) is -4.95. The Labute approximate surface area is 196 Å². The average molecular weight is 570 g/mol. The molecule has 0 aliphatic heterocycles. The molecule has 0 aliphatic rings. The number of halogens is 5. The fraction of sp³-hybridized carbons (Fsp3) is 0.0870. The van der Waals surface area contributed by atoms with Crippen LogP contribution in [0.25, 0.3) is 11.0 Å². The molecule has 0 unspecified atom stereocenters. The van der Waals surface area contributed by atoms with Gasteiger partial charge in [0, 0.05) is 10.5 Å². The maximum atomic E-state index is 13.7. The molecule has 1 heterocycles. The van der Waals surface area contributed by atoms with Gasteiger partial charge in [0.25, 0.3) is 5.76 Å². The van der Waals surface area contributed by atoms with E-state index in [1.54, 1.807) is 18.2 Å². The van der Waals surface area contributed by atoms with E-state index in [4.69, 9.17) is 13.9 Å². The number of hydrogen-bond donors (Lipinski definition) is 0. The zero-order chi connectivity index (χ0) is 22.9. The van der Waals surface area contributed by atoms with Crippen LogP contribution in [0.4, 0.5) is 13.2 Å².